The van der Waals surface area contributed by atoms with Crippen LogP contribution in [0.3, 0.4) is 0 Å². The van der Waals surface area contributed by atoms with E-state index in [4.69, 9.17) is 0 Å². The van der Waals surface area contributed by atoms with Crippen molar-refractivity contribution in [2.45, 2.75) is 26.7 Å². The SMILES string of the molecule is Cc1ccc(C(C)C)c2cn(C)cc12. The number of benzene rings is 1. The van der Waals surface area contributed by atoms with Crippen molar-refractivity contribution in [3.63, 3.8) is 0 Å². The van der Waals surface area contributed by atoms with E-state index >= 15 is 0 Å². The van der Waals surface area contributed by atoms with Crippen molar-refractivity contribution in [3.8, 4) is 0 Å². The van der Waals surface area contributed by atoms with Crippen LogP contribution in [0.1, 0.15) is 30.9 Å². The molecule has 0 radical (unpaired) electrons. The van der Waals surface area contributed by atoms with Gasteiger partial charge in [0.25, 0.3) is 0 Å². The third kappa shape index (κ3) is 1.33. The monoisotopic (exact) mass is 187 g/mol. The summed E-state index contributed by atoms with van der Waals surface area (Å²) in [4.78, 5) is 0. The zero-order chi connectivity index (χ0) is 10.3. The van der Waals surface area contributed by atoms with Crippen LogP contribution in [0.2, 0.25) is 0 Å². The highest BCUT2D eigenvalue weighted by molar-refractivity contribution is 5.88. The number of hydrogen-bond donors (Lipinski definition) is 0. The smallest absolute Gasteiger partial charge is 0.0114 e. The number of aromatic nitrogens is 1. The number of fused-ring (bicyclic) bond motifs is 1. The van der Waals surface area contributed by atoms with Crippen molar-refractivity contribution >= 4 is 10.8 Å². The fourth-order valence-electron chi connectivity index (χ4n) is 2.03. The summed E-state index contributed by atoms with van der Waals surface area (Å²) in [6, 6.07) is 4.47. The summed E-state index contributed by atoms with van der Waals surface area (Å²) < 4.78 is 2.14. The van der Waals surface area contributed by atoms with Crippen molar-refractivity contribution in [1.29, 1.82) is 0 Å². The van der Waals surface area contributed by atoms with Crippen LogP contribution in [0.25, 0.3) is 10.8 Å². The van der Waals surface area contributed by atoms with Gasteiger partial charge in [0.2, 0.25) is 0 Å². The second kappa shape index (κ2) is 3.16. The molecule has 0 aliphatic carbocycles. The summed E-state index contributed by atoms with van der Waals surface area (Å²) in [7, 11) is 2.09. The van der Waals surface area contributed by atoms with Gasteiger partial charge in [-0.2, -0.15) is 0 Å². The van der Waals surface area contributed by atoms with Crippen LogP contribution in [0.4, 0.5) is 0 Å². The van der Waals surface area contributed by atoms with Gasteiger partial charge in [-0.25, -0.2) is 0 Å². The van der Waals surface area contributed by atoms with E-state index in [9.17, 15) is 0 Å². The quantitative estimate of drug-likeness (QED) is 0.642. The molecule has 0 saturated heterocycles. The van der Waals surface area contributed by atoms with Gasteiger partial charge >= 0.3 is 0 Å². The zero-order valence-corrected chi connectivity index (χ0v) is 9.33. The number of nitrogens with zero attached hydrogens (tertiary/aromatic N) is 1. The average Bonchev–Trinajstić information content (AvgIpc) is 2.47. The fraction of sp³-hybridized carbons (Fsp3) is 0.385. The van der Waals surface area contributed by atoms with Gasteiger partial charge < -0.3 is 4.57 Å². The van der Waals surface area contributed by atoms with Crippen molar-refractivity contribution < 1.29 is 0 Å². The first-order valence-corrected chi connectivity index (χ1v) is 5.15. The molecule has 0 N–H and O–H groups in total. The lowest BCUT2D eigenvalue weighted by atomic mass is 9.96. The average molecular weight is 187 g/mol. The first kappa shape index (κ1) is 9.32. The normalized spacial score (nSPS) is 11.5. The zero-order valence-electron chi connectivity index (χ0n) is 9.33. The molecule has 0 aliphatic heterocycles. The second-order valence-corrected chi connectivity index (χ2v) is 4.38. The summed E-state index contributed by atoms with van der Waals surface area (Å²) in [6.07, 6.45) is 4.42. The van der Waals surface area contributed by atoms with E-state index < -0.39 is 0 Å². The molecule has 0 amide bonds. The highest BCUT2D eigenvalue weighted by atomic mass is 14.9. The Balaban J connectivity index is 2.81. The van der Waals surface area contributed by atoms with E-state index in [1.807, 2.05) is 0 Å². The molecule has 0 fully saturated rings. The van der Waals surface area contributed by atoms with Crippen LogP contribution in [-0.2, 0) is 7.05 Å². The van der Waals surface area contributed by atoms with E-state index in [1.54, 1.807) is 0 Å². The van der Waals surface area contributed by atoms with Gasteiger partial charge in [-0.3, -0.25) is 0 Å². The molecule has 0 aliphatic rings. The topological polar surface area (TPSA) is 4.93 Å². The van der Waals surface area contributed by atoms with Crippen molar-refractivity contribution in [1.82, 2.24) is 4.57 Å². The maximum Gasteiger partial charge on any atom is 0.0114 e. The Labute approximate surface area is 85.4 Å². The van der Waals surface area contributed by atoms with Gasteiger partial charge in [-0.05, 0) is 24.0 Å². The first-order chi connectivity index (χ1) is 6.59. The van der Waals surface area contributed by atoms with Crippen LogP contribution in [0, 0.1) is 6.92 Å². The molecule has 14 heavy (non-hydrogen) atoms. The van der Waals surface area contributed by atoms with Crippen molar-refractivity contribution in [2.75, 3.05) is 0 Å². The molecule has 74 valence electrons. The molecule has 1 heteroatoms. The minimum absolute atomic E-state index is 0.598. The molecule has 0 spiro atoms. The Hall–Kier alpha value is -1.24. The van der Waals surface area contributed by atoms with Crippen molar-refractivity contribution in [3.05, 3.63) is 35.7 Å². The molecule has 0 bridgehead atoms. The molecular weight excluding hydrogens is 170 g/mol. The Kier molecular flexibility index (Phi) is 2.10. The fourth-order valence-corrected chi connectivity index (χ4v) is 2.03. The van der Waals surface area contributed by atoms with E-state index in [0.717, 1.165) is 0 Å². The highest BCUT2D eigenvalue weighted by Crippen LogP contribution is 2.28. The van der Waals surface area contributed by atoms with Gasteiger partial charge in [-0.1, -0.05) is 26.0 Å². The molecule has 1 aromatic heterocycles. The van der Waals surface area contributed by atoms with Gasteiger partial charge in [0, 0.05) is 30.2 Å². The lowest BCUT2D eigenvalue weighted by Gasteiger charge is -2.08. The van der Waals surface area contributed by atoms with Crippen molar-refractivity contribution in [2.24, 2.45) is 7.05 Å². The third-order valence-electron chi connectivity index (χ3n) is 2.83. The van der Waals surface area contributed by atoms with Gasteiger partial charge in [0.1, 0.15) is 0 Å². The Morgan fingerprint density at radius 1 is 1.07 bits per heavy atom. The molecule has 0 unspecified atom stereocenters. The standard InChI is InChI=1S/C13H17N/c1-9(2)11-6-5-10(3)12-7-14(4)8-13(11)12/h5-9H,1-4H3. The maximum absolute atomic E-state index is 2.25. The van der Waals surface area contributed by atoms with Crippen LogP contribution in [-0.4, -0.2) is 4.57 Å². The molecule has 1 nitrogen and oxygen atoms in total. The van der Waals surface area contributed by atoms with Gasteiger partial charge in [0.15, 0.2) is 0 Å². The second-order valence-electron chi connectivity index (χ2n) is 4.38. The number of hydrogen-bond acceptors (Lipinski definition) is 0. The Bertz CT molecular complexity index is 463. The van der Waals surface area contributed by atoms with E-state index in [1.165, 1.54) is 21.9 Å². The minimum Gasteiger partial charge on any atom is -0.356 e. The molecular formula is C13H17N. The molecule has 2 rings (SSSR count). The third-order valence-corrected chi connectivity index (χ3v) is 2.83. The predicted molar refractivity (Wildman–Crippen MR) is 61.7 cm³/mol. The Morgan fingerprint density at radius 3 is 2.36 bits per heavy atom. The lowest BCUT2D eigenvalue weighted by molar-refractivity contribution is 0.874. The summed E-state index contributed by atoms with van der Waals surface area (Å²) in [5.41, 5.74) is 2.82. The van der Waals surface area contributed by atoms with E-state index in [2.05, 4.69) is 56.9 Å². The van der Waals surface area contributed by atoms with Gasteiger partial charge in [0.05, 0.1) is 0 Å². The lowest BCUT2D eigenvalue weighted by Crippen LogP contribution is -1.88. The molecule has 0 atom stereocenters. The molecule has 2 aromatic rings. The van der Waals surface area contributed by atoms with E-state index in [0.29, 0.717) is 5.92 Å². The van der Waals surface area contributed by atoms with Crippen LogP contribution in [0.15, 0.2) is 24.5 Å². The number of rotatable bonds is 1. The molecule has 1 aromatic carbocycles. The Morgan fingerprint density at radius 2 is 1.71 bits per heavy atom. The maximum atomic E-state index is 2.25. The van der Waals surface area contributed by atoms with Gasteiger partial charge in [-0.15, -0.1) is 0 Å². The molecule has 0 saturated carbocycles. The van der Waals surface area contributed by atoms with E-state index in [-0.39, 0.29) is 0 Å². The largest absolute Gasteiger partial charge is 0.356 e. The highest BCUT2D eigenvalue weighted by Gasteiger charge is 2.07. The van der Waals surface area contributed by atoms with Crippen LogP contribution >= 0.6 is 0 Å². The summed E-state index contributed by atoms with van der Waals surface area (Å²) in [5.74, 6) is 0.598. The predicted octanol–water partition coefficient (Wildman–Crippen LogP) is 3.61. The molecule has 1 heterocycles. The summed E-state index contributed by atoms with van der Waals surface area (Å²) >= 11 is 0. The minimum atomic E-state index is 0.598. The number of aryl methyl sites for hydroxylation is 2. The summed E-state index contributed by atoms with van der Waals surface area (Å²) in [5, 5.41) is 2.79. The first-order valence-electron chi connectivity index (χ1n) is 5.15. The summed E-state index contributed by atoms with van der Waals surface area (Å²) in [6.45, 7) is 6.67. The van der Waals surface area contributed by atoms with Crippen LogP contribution < -0.4 is 0 Å². The van der Waals surface area contributed by atoms with Crippen LogP contribution in [0.5, 0.6) is 0 Å².